The Morgan fingerprint density at radius 3 is 1.84 bits per heavy atom. The third kappa shape index (κ3) is 31.4. The molecule has 0 aromatic rings. The Labute approximate surface area is 117 Å². The number of allylic oxidation sites excluding steroid dienone is 2. The van der Waals surface area contributed by atoms with Gasteiger partial charge in [0.05, 0.1) is 7.11 Å². The van der Waals surface area contributed by atoms with Crippen molar-refractivity contribution >= 4 is 11.9 Å². The van der Waals surface area contributed by atoms with Crippen LogP contribution in [0.1, 0.15) is 40.0 Å². The molecule has 0 aromatic carbocycles. The summed E-state index contributed by atoms with van der Waals surface area (Å²) in [6.45, 7) is 7.00. The number of ether oxygens (including phenoxy) is 1. The number of methoxy groups -OCH3 is 1. The number of rotatable bonds is 8. The SMILES string of the molecule is C=CCCCC(=O)O.C=CCCCC(=O)OC.CO.[H+]. The number of aliphatic hydroxyl groups excluding tert-OH is 1. The molecular formula is C14H27O5+. The van der Waals surface area contributed by atoms with Gasteiger partial charge >= 0.3 is 13.4 Å². The lowest BCUT2D eigenvalue weighted by atomic mass is 10.2. The number of aliphatic hydroxyl groups is 1. The van der Waals surface area contributed by atoms with Gasteiger partial charge in [0, 0.05) is 20.0 Å². The van der Waals surface area contributed by atoms with Gasteiger partial charge in [-0.3, -0.25) is 9.59 Å². The van der Waals surface area contributed by atoms with Gasteiger partial charge < -0.3 is 14.9 Å². The van der Waals surface area contributed by atoms with Crippen LogP contribution in [-0.2, 0) is 14.3 Å². The van der Waals surface area contributed by atoms with Crippen LogP contribution in [-0.4, -0.2) is 36.4 Å². The molecule has 0 aliphatic rings. The third-order valence-electron chi connectivity index (χ3n) is 1.82. The summed E-state index contributed by atoms with van der Waals surface area (Å²) in [7, 11) is 2.40. The summed E-state index contributed by atoms with van der Waals surface area (Å²) in [5.74, 6) is -0.872. The Morgan fingerprint density at radius 2 is 1.53 bits per heavy atom. The maximum Gasteiger partial charge on any atom is 1.00 e. The van der Waals surface area contributed by atoms with Crippen molar-refractivity contribution in [2.45, 2.75) is 38.5 Å². The molecule has 5 heteroatoms. The summed E-state index contributed by atoms with van der Waals surface area (Å²) < 4.78 is 4.42. The summed E-state index contributed by atoms with van der Waals surface area (Å²) in [5.41, 5.74) is 0. The highest BCUT2D eigenvalue weighted by Crippen LogP contribution is 1.96. The number of aliphatic carboxylic acids is 1. The first-order valence-electron chi connectivity index (χ1n) is 6.03. The fraction of sp³-hybridized carbons (Fsp3) is 0.571. The molecule has 0 aromatic heterocycles. The minimum Gasteiger partial charge on any atom is -0.481 e. The Balaban J connectivity index is -0.000000109. The predicted octanol–water partition coefficient (Wildman–Crippen LogP) is 2.66. The molecule has 0 rings (SSSR count). The molecule has 0 heterocycles. The van der Waals surface area contributed by atoms with Crippen molar-refractivity contribution in [3.63, 3.8) is 0 Å². The van der Waals surface area contributed by atoms with Crippen molar-refractivity contribution in [1.82, 2.24) is 0 Å². The number of unbranched alkanes of at least 4 members (excludes halogenated alkanes) is 2. The molecule has 0 atom stereocenters. The topological polar surface area (TPSA) is 83.8 Å². The van der Waals surface area contributed by atoms with Crippen LogP contribution in [0.15, 0.2) is 25.3 Å². The quantitative estimate of drug-likeness (QED) is 0.404. The predicted molar refractivity (Wildman–Crippen MR) is 77.0 cm³/mol. The van der Waals surface area contributed by atoms with Crippen LogP contribution >= 0.6 is 0 Å². The first-order valence-corrected chi connectivity index (χ1v) is 6.03. The molecule has 0 bridgehead atoms. The van der Waals surface area contributed by atoms with Gasteiger partial charge in [-0.25, -0.2) is 0 Å². The highest BCUT2D eigenvalue weighted by Gasteiger charge is 1.95. The van der Waals surface area contributed by atoms with E-state index in [4.69, 9.17) is 10.2 Å². The van der Waals surface area contributed by atoms with E-state index in [-0.39, 0.29) is 13.8 Å². The van der Waals surface area contributed by atoms with Gasteiger partial charge in [-0.15, -0.1) is 13.2 Å². The van der Waals surface area contributed by atoms with E-state index < -0.39 is 5.97 Å². The van der Waals surface area contributed by atoms with Crippen molar-refractivity contribution in [2.24, 2.45) is 0 Å². The molecule has 0 fully saturated rings. The Hall–Kier alpha value is -1.62. The van der Waals surface area contributed by atoms with Crippen LogP contribution in [0.2, 0.25) is 0 Å². The van der Waals surface area contributed by atoms with Gasteiger partial charge in [0.1, 0.15) is 0 Å². The second-order valence-corrected chi connectivity index (χ2v) is 3.33. The van der Waals surface area contributed by atoms with Crippen molar-refractivity contribution in [2.75, 3.05) is 14.2 Å². The molecule has 0 amide bonds. The summed E-state index contributed by atoms with van der Waals surface area (Å²) in [6.07, 6.45) is 7.51. The first-order chi connectivity index (χ1) is 9.08. The van der Waals surface area contributed by atoms with Gasteiger partial charge in [-0.05, 0) is 25.7 Å². The molecule has 19 heavy (non-hydrogen) atoms. The second-order valence-electron chi connectivity index (χ2n) is 3.33. The number of hydrogen-bond donors (Lipinski definition) is 2. The lowest BCUT2D eigenvalue weighted by Crippen LogP contribution is -1.98. The normalized spacial score (nSPS) is 7.95. The molecular weight excluding hydrogens is 248 g/mol. The molecule has 2 N–H and O–H groups in total. The average molecular weight is 275 g/mol. The van der Waals surface area contributed by atoms with Crippen LogP contribution in [0.5, 0.6) is 0 Å². The highest BCUT2D eigenvalue weighted by molar-refractivity contribution is 5.69. The van der Waals surface area contributed by atoms with E-state index in [9.17, 15) is 9.59 Å². The summed E-state index contributed by atoms with van der Waals surface area (Å²) in [6, 6.07) is 0. The van der Waals surface area contributed by atoms with E-state index >= 15 is 0 Å². The number of esters is 1. The first kappa shape index (κ1) is 22.6. The molecule has 0 saturated heterocycles. The molecule has 112 valence electrons. The molecule has 0 aliphatic carbocycles. The molecule has 0 aliphatic heterocycles. The van der Waals surface area contributed by atoms with Crippen LogP contribution < -0.4 is 0 Å². The molecule has 0 unspecified atom stereocenters. The summed E-state index contributed by atoms with van der Waals surface area (Å²) in [4.78, 5) is 20.3. The molecule has 5 nitrogen and oxygen atoms in total. The third-order valence-corrected chi connectivity index (χ3v) is 1.82. The second kappa shape index (κ2) is 21.6. The zero-order chi connectivity index (χ0) is 15.5. The molecule has 0 saturated carbocycles. The van der Waals surface area contributed by atoms with E-state index in [0.717, 1.165) is 26.4 Å². The van der Waals surface area contributed by atoms with Crippen LogP contribution in [0.3, 0.4) is 0 Å². The van der Waals surface area contributed by atoms with Crippen molar-refractivity contribution in [3.05, 3.63) is 25.3 Å². The molecule has 0 spiro atoms. The summed E-state index contributed by atoms with van der Waals surface area (Å²) >= 11 is 0. The van der Waals surface area contributed by atoms with Crippen molar-refractivity contribution < 1.29 is 26.0 Å². The number of carboxylic acid groups (broad SMARTS) is 1. The monoisotopic (exact) mass is 275 g/mol. The zero-order valence-electron chi connectivity index (χ0n) is 12.9. The average Bonchev–Trinajstić information content (AvgIpc) is 2.42. The highest BCUT2D eigenvalue weighted by atomic mass is 16.5. The van der Waals surface area contributed by atoms with E-state index in [0.29, 0.717) is 12.8 Å². The smallest absolute Gasteiger partial charge is 0.481 e. The number of carbonyl (C=O) groups excluding carboxylic acids is 1. The summed E-state index contributed by atoms with van der Waals surface area (Å²) in [5, 5.41) is 15.1. The minimum atomic E-state index is -0.730. The lowest BCUT2D eigenvalue weighted by Gasteiger charge is -1.94. The maximum absolute atomic E-state index is 10.4. The van der Waals surface area contributed by atoms with E-state index in [1.165, 1.54) is 7.11 Å². The van der Waals surface area contributed by atoms with E-state index in [1.807, 2.05) is 0 Å². The standard InChI is InChI=1S/C7H12O2.C6H10O2.CH4O/c1-3-4-5-6-7(8)9-2;1-2-3-4-5-6(7)8;1-2/h3H,1,4-6H2,2H3;2H,1,3-5H2,(H,7,8);2H,1H3/p+1. The maximum atomic E-state index is 10.4. The van der Waals surface area contributed by atoms with Crippen LogP contribution in [0.25, 0.3) is 0 Å². The van der Waals surface area contributed by atoms with Gasteiger partial charge in [0.2, 0.25) is 0 Å². The van der Waals surface area contributed by atoms with Crippen LogP contribution in [0.4, 0.5) is 0 Å². The van der Waals surface area contributed by atoms with Crippen molar-refractivity contribution in [1.29, 1.82) is 0 Å². The van der Waals surface area contributed by atoms with Crippen molar-refractivity contribution in [3.8, 4) is 0 Å². The number of hydrogen-bond acceptors (Lipinski definition) is 4. The number of carbonyl (C=O) groups is 2. The number of carboxylic acids is 1. The van der Waals surface area contributed by atoms with Gasteiger partial charge in [0.25, 0.3) is 0 Å². The van der Waals surface area contributed by atoms with Gasteiger partial charge in [-0.1, -0.05) is 12.2 Å². The van der Waals surface area contributed by atoms with Crippen LogP contribution in [0, 0.1) is 0 Å². The minimum absolute atomic E-state index is 0. The Kier molecular flexibility index (Phi) is 25.7. The molecule has 0 radical (unpaired) electrons. The zero-order valence-corrected chi connectivity index (χ0v) is 11.9. The van der Waals surface area contributed by atoms with E-state index in [1.54, 1.807) is 12.2 Å². The van der Waals surface area contributed by atoms with E-state index in [2.05, 4.69) is 17.9 Å². The fourth-order valence-electron chi connectivity index (χ4n) is 0.890. The van der Waals surface area contributed by atoms with Gasteiger partial charge in [0.15, 0.2) is 0 Å². The fourth-order valence-corrected chi connectivity index (χ4v) is 0.890. The van der Waals surface area contributed by atoms with Gasteiger partial charge in [-0.2, -0.15) is 0 Å². The lowest BCUT2D eigenvalue weighted by molar-refractivity contribution is -0.140. The Morgan fingerprint density at radius 1 is 1.11 bits per heavy atom. The Bertz CT molecular complexity index is 242. The largest absolute Gasteiger partial charge is 1.00 e.